The van der Waals surface area contributed by atoms with Gasteiger partial charge in [-0.15, -0.1) is 0 Å². The minimum Gasteiger partial charge on any atom is -0.457 e. The molecule has 0 bridgehead atoms. The molecule has 2 nitrogen and oxygen atoms in total. The second kappa shape index (κ2) is 6.47. The van der Waals surface area contributed by atoms with E-state index in [-0.39, 0.29) is 0 Å². The Labute approximate surface area is 141 Å². The normalized spacial score (nSPS) is 10.5. The Morgan fingerprint density at radius 3 is 1.58 bits per heavy atom. The average molecular weight is 312 g/mol. The molecule has 4 aromatic rings. The third-order valence-electron chi connectivity index (χ3n) is 3.78. The summed E-state index contributed by atoms with van der Waals surface area (Å²) >= 11 is 0. The minimum absolute atomic E-state index is 0.805. The van der Waals surface area contributed by atoms with E-state index in [0.29, 0.717) is 0 Å². The molecule has 24 heavy (non-hydrogen) atoms. The highest BCUT2D eigenvalue weighted by Gasteiger charge is 2.07. The van der Waals surface area contributed by atoms with Gasteiger partial charge in [0, 0.05) is 11.1 Å². The molecule has 0 aliphatic carbocycles. The van der Waals surface area contributed by atoms with Crippen molar-refractivity contribution in [2.75, 3.05) is 0 Å². The summed E-state index contributed by atoms with van der Waals surface area (Å²) in [6, 6.07) is 31.8. The molecule has 1 heterocycles. The van der Waals surface area contributed by atoms with Gasteiger partial charge in [-0.25, -0.2) is 0 Å². The molecule has 0 saturated carbocycles. The number of hydrogen-bond donors (Lipinski definition) is 0. The minimum atomic E-state index is 0.805. The Kier molecular flexibility index (Phi) is 3.86. The van der Waals surface area contributed by atoms with Crippen molar-refractivity contribution in [2.24, 2.45) is 0 Å². The van der Waals surface area contributed by atoms with Gasteiger partial charge in [0.25, 0.3) is 0 Å². The molecule has 0 aliphatic rings. The Hall–Kier alpha value is -3.26. The first-order chi connectivity index (χ1) is 11.9. The summed E-state index contributed by atoms with van der Waals surface area (Å²) in [6.45, 7) is 0. The van der Waals surface area contributed by atoms with Gasteiger partial charge in [0.1, 0.15) is 23.0 Å². The maximum atomic E-state index is 5.97. The zero-order valence-electron chi connectivity index (χ0n) is 13.1. The van der Waals surface area contributed by atoms with Gasteiger partial charge in [0.05, 0.1) is 0 Å². The highest BCUT2D eigenvalue weighted by Crippen LogP contribution is 2.30. The van der Waals surface area contributed by atoms with Gasteiger partial charge in [-0.1, -0.05) is 48.5 Å². The van der Waals surface area contributed by atoms with Gasteiger partial charge in [-0.05, 0) is 48.5 Å². The van der Waals surface area contributed by atoms with Crippen molar-refractivity contribution < 1.29 is 9.15 Å². The van der Waals surface area contributed by atoms with Crippen molar-refractivity contribution in [3.05, 3.63) is 97.1 Å². The lowest BCUT2D eigenvalue weighted by Crippen LogP contribution is -1.83. The van der Waals surface area contributed by atoms with Crippen molar-refractivity contribution in [1.29, 1.82) is 0 Å². The van der Waals surface area contributed by atoms with E-state index in [0.717, 1.165) is 34.1 Å². The van der Waals surface area contributed by atoms with Crippen molar-refractivity contribution >= 4 is 0 Å². The maximum absolute atomic E-state index is 5.97. The second-order valence-corrected chi connectivity index (χ2v) is 5.47. The van der Waals surface area contributed by atoms with Gasteiger partial charge in [0.2, 0.25) is 0 Å². The fourth-order valence-corrected chi connectivity index (χ4v) is 2.56. The maximum Gasteiger partial charge on any atom is 0.134 e. The molecular formula is C22H16O2. The van der Waals surface area contributed by atoms with Crippen molar-refractivity contribution in [2.45, 2.75) is 0 Å². The molecule has 3 aromatic carbocycles. The third kappa shape index (κ3) is 3.08. The summed E-state index contributed by atoms with van der Waals surface area (Å²) in [5.41, 5.74) is 2.10. The molecule has 0 radical (unpaired) electrons. The first-order valence-electron chi connectivity index (χ1n) is 7.87. The zero-order chi connectivity index (χ0) is 16.2. The van der Waals surface area contributed by atoms with Crippen LogP contribution >= 0.6 is 0 Å². The predicted molar refractivity (Wildman–Crippen MR) is 96.1 cm³/mol. The van der Waals surface area contributed by atoms with Crippen LogP contribution in [0.15, 0.2) is 101 Å². The standard InChI is InChI=1S/C22H16O2/c1-3-7-17(8-4-1)21-15-16-22(24-21)18-11-13-20(14-12-18)23-19-9-5-2-6-10-19/h1-16H. The van der Waals surface area contributed by atoms with Gasteiger partial charge in [-0.3, -0.25) is 0 Å². The monoisotopic (exact) mass is 312 g/mol. The zero-order valence-corrected chi connectivity index (χ0v) is 13.1. The molecule has 0 saturated heterocycles. The second-order valence-electron chi connectivity index (χ2n) is 5.47. The summed E-state index contributed by atoms with van der Waals surface area (Å²) in [6.07, 6.45) is 0. The lowest BCUT2D eigenvalue weighted by atomic mass is 10.1. The summed E-state index contributed by atoms with van der Waals surface area (Å²) < 4.78 is 11.8. The van der Waals surface area contributed by atoms with E-state index in [9.17, 15) is 0 Å². The molecule has 0 N–H and O–H groups in total. The molecule has 0 unspecified atom stereocenters. The molecule has 116 valence electrons. The quantitative estimate of drug-likeness (QED) is 0.434. The first-order valence-corrected chi connectivity index (χ1v) is 7.87. The Bertz CT molecular complexity index is 907. The molecule has 0 atom stereocenters. The Morgan fingerprint density at radius 1 is 0.458 bits per heavy atom. The lowest BCUT2D eigenvalue weighted by Gasteiger charge is -2.05. The van der Waals surface area contributed by atoms with E-state index < -0.39 is 0 Å². The van der Waals surface area contributed by atoms with E-state index in [1.165, 1.54) is 0 Å². The fourth-order valence-electron chi connectivity index (χ4n) is 2.56. The molecule has 0 spiro atoms. The first kappa shape index (κ1) is 14.3. The number of ether oxygens (including phenoxy) is 1. The van der Waals surface area contributed by atoms with Crippen LogP contribution in [0.5, 0.6) is 11.5 Å². The number of furan rings is 1. The largest absolute Gasteiger partial charge is 0.457 e. The molecule has 0 amide bonds. The Morgan fingerprint density at radius 2 is 0.958 bits per heavy atom. The summed E-state index contributed by atoms with van der Waals surface area (Å²) in [5.74, 6) is 3.35. The van der Waals surface area contributed by atoms with Crippen LogP contribution < -0.4 is 4.74 Å². The summed E-state index contributed by atoms with van der Waals surface area (Å²) in [5, 5.41) is 0. The summed E-state index contributed by atoms with van der Waals surface area (Å²) in [7, 11) is 0. The highest BCUT2D eigenvalue weighted by molar-refractivity contribution is 5.65. The van der Waals surface area contributed by atoms with Crippen LogP contribution in [-0.2, 0) is 0 Å². The van der Waals surface area contributed by atoms with Gasteiger partial charge in [-0.2, -0.15) is 0 Å². The van der Waals surface area contributed by atoms with E-state index >= 15 is 0 Å². The van der Waals surface area contributed by atoms with E-state index in [1.54, 1.807) is 0 Å². The van der Waals surface area contributed by atoms with E-state index in [2.05, 4.69) is 0 Å². The fraction of sp³-hybridized carbons (Fsp3) is 0. The molecular weight excluding hydrogens is 296 g/mol. The van der Waals surface area contributed by atoms with Crippen LogP contribution in [0.1, 0.15) is 0 Å². The van der Waals surface area contributed by atoms with Crippen LogP contribution in [0.25, 0.3) is 22.6 Å². The molecule has 2 heteroatoms. The van der Waals surface area contributed by atoms with Crippen LogP contribution in [0.2, 0.25) is 0 Å². The smallest absolute Gasteiger partial charge is 0.134 e. The van der Waals surface area contributed by atoms with Crippen LogP contribution in [0.3, 0.4) is 0 Å². The molecule has 1 aromatic heterocycles. The highest BCUT2D eigenvalue weighted by atomic mass is 16.5. The number of rotatable bonds is 4. The number of hydrogen-bond acceptors (Lipinski definition) is 2. The van der Waals surface area contributed by atoms with Gasteiger partial charge in [0.15, 0.2) is 0 Å². The number of para-hydroxylation sites is 1. The van der Waals surface area contributed by atoms with Crippen molar-refractivity contribution in [3.8, 4) is 34.1 Å². The van der Waals surface area contributed by atoms with Gasteiger partial charge >= 0.3 is 0 Å². The van der Waals surface area contributed by atoms with Gasteiger partial charge < -0.3 is 9.15 Å². The lowest BCUT2D eigenvalue weighted by molar-refractivity contribution is 0.482. The van der Waals surface area contributed by atoms with Crippen molar-refractivity contribution in [1.82, 2.24) is 0 Å². The third-order valence-corrected chi connectivity index (χ3v) is 3.78. The SMILES string of the molecule is c1ccc(Oc2ccc(-c3ccc(-c4ccccc4)o3)cc2)cc1. The molecule has 0 fully saturated rings. The summed E-state index contributed by atoms with van der Waals surface area (Å²) in [4.78, 5) is 0. The average Bonchev–Trinajstić information content (AvgIpc) is 3.14. The Balaban J connectivity index is 1.54. The molecule has 0 aliphatic heterocycles. The molecule has 4 rings (SSSR count). The van der Waals surface area contributed by atoms with Crippen LogP contribution in [0, 0.1) is 0 Å². The van der Waals surface area contributed by atoms with E-state index in [4.69, 9.17) is 9.15 Å². The van der Waals surface area contributed by atoms with Crippen molar-refractivity contribution in [3.63, 3.8) is 0 Å². The van der Waals surface area contributed by atoms with Crippen LogP contribution in [-0.4, -0.2) is 0 Å². The predicted octanol–water partition coefficient (Wildman–Crippen LogP) is 6.41. The number of benzene rings is 3. The van der Waals surface area contributed by atoms with Crippen LogP contribution in [0.4, 0.5) is 0 Å². The van der Waals surface area contributed by atoms with E-state index in [1.807, 2.05) is 97.1 Å². The topological polar surface area (TPSA) is 22.4 Å².